The van der Waals surface area contributed by atoms with Crippen LogP contribution in [-0.4, -0.2) is 35.2 Å². The zero-order valence-corrected chi connectivity index (χ0v) is 12.5. The average Bonchev–Trinajstić information content (AvgIpc) is 2.30. The molecule has 1 amide bonds. The number of amides is 1. The first-order valence-corrected chi connectivity index (χ1v) is 7.47. The molecule has 1 aromatic carbocycles. The maximum atomic E-state index is 12.9. The Kier molecular flexibility index (Phi) is 6.11. The number of aliphatic hydroxyl groups excluding tert-OH is 1. The minimum Gasteiger partial charge on any atom is -0.395 e. The molecule has 0 radical (unpaired) electrons. The Labute approximate surface area is 118 Å². The van der Waals surface area contributed by atoms with Gasteiger partial charge in [-0.15, -0.1) is 0 Å². The van der Waals surface area contributed by atoms with E-state index in [2.05, 4.69) is 21.2 Å². The fourth-order valence-corrected chi connectivity index (χ4v) is 2.64. The van der Waals surface area contributed by atoms with Gasteiger partial charge >= 0.3 is 0 Å². The number of halogens is 2. The average molecular weight is 336 g/mol. The zero-order chi connectivity index (χ0) is 13.7. The quantitative estimate of drug-likeness (QED) is 0.868. The summed E-state index contributed by atoms with van der Waals surface area (Å²) in [5, 5.41) is 11.9. The van der Waals surface area contributed by atoms with Gasteiger partial charge in [-0.2, -0.15) is 11.8 Å². The van der Waals surface area contributed by atoms with Gasteiger partial charge in [0.2, 0.25) is 0 Å². The van der Waals surface area contributed by atoms with Crippen LogP contribution in [0.4, 0.5) is 4.39 Å². The fourth-order valence-electron chi connectivity index (χ4n) is 1.49. The molecule has 0 aliphatic rings. The standard InChI is InChI=1S/C12H15BrFNO2S/c1-7(11(6-16)18-2)15-12(17)9-4-3-8(14)5-10(9)13/h3-5,7,11,16H,6H2,1-2H3,(H,15,17). The van der Waals surface area contributed by atoms with E-state index in [0.717, 1.165) is 0 Å². The first-order chi connectivity index (χ1) is 8.49. The third-order valence-electron chi connectivity index (χ3n) is 2.57. The number of thioether (sulfide) groups is 1. The lowest BCUT2D eigenvalue weighted by molar-refractivity contribution is 0.0935. The summed E-state index contributed by atoms with van der Waals surface area (Å²) in [4.78, 5) is 12.0. The second kappa shape index (κ2) is 7.11. The molecule has 0 bridgehead atoms. The van der Waals surface area contributed by atoms with Crippen LogP contribution in [0.1, 0.15) is 17.3 Å². The van der Waals surface area contributed by atoms with Crippen molar-refractivity contribution in [1.29, 1.82) is 0 Å². The summed E-state index contributed by atoms with van der Waals surface area (Å²) in [5.74, 6) is -0.689. The van der Waals surface area contributed by atoms with Gasteiger partial charge in [-0.05, 0) is 47.3 Å². The van der Waals surface area contributed by atoms with E-state index in [4.69, 9.17) is 5.11 Å². The Morgan fingerprint density at radius 2 is 2.28 bits per heavy atom. The highest BCUT2D eigenvalue weighted by Gasteiger charge is 2.19. The van der Waals surface area contributed by atoms with Crippen molar-refractivity contribution in [1.82, 2.24) is 5.32 Å². The highest BCUT2D eigenvalue weighted by atomic mass is 79.9. The van der Waals surface area contributed by atoms with Crippen molar-refractivity contribution < 1.29 is 14.3 Å². The molecule has 3 nitrogen and oxygen atoms in total. The molecule has 18 heavy (non-hydrogen) atoms. The van der Waals surface area contributed by atoms with Crippen LogP contribution in [-0.2, 0) is 0 Å². The Morgan fingerprint density at radius 1 is 1.61 bits per heavy atom. The molecule has 0 aliphatic heterocycles. The second-order valence-electron chi connectivity index (χ2n) is 3.84. The lowest BCUT2D eigenvalue weighted by Gasteiger charge is -2.21. The van der Waals surface area contributed by atoms with Crippen molar-refractivity contribution in [2.24, 2.45) is 0 Å². The Balaban J connectivity index is 2.76. The van der Waals surface area contributed by atoms with E-state index in [0.29, 0.717) is 10.0 Å². The van der Waals surface area contributed by atoms with E-state index >= 15 is 0 Å². The predicted octanol–water partition coefficient (Wildman–Crippen LogP) is 2.43. The van der Waals surface area contributed by atoms with E-state index in [-0.39, 0.29) is 23.8 Å². The topological polar surface area (TPSA) is 49.3 Å². The van der Waals surface area contributed by atoms with Crippen LogP contribution in [0.3, 0.4) is 0 Å². The maximum Gasteiger partial charge on any atom is 0.252 e. The lowest BCUT2D eigenvalue weighted by Crippen LogP contribution is -2.41. The molecule has 6 heteroatoms. The SMILES string of the molecule is CSC(CO)C(C)NC(=O)c1ccc(F)cc1Br. The largest absolute Gasteiger partial charge is 0.395 e. The first-order valence-electron chi connectivity index (χ1n) is 5.39. The molecule has 100 valence electrons. The summed E-state index contributed by atoms with van der Waals surface area (Å²) in [5.41, 5.74) is 0.376. The van der Waals surface area contributed by atoms with Gasteiger partial charge in [0.25, 0.3) is 5.91 Å². The van der Waals surface area contributed by atoms with Crippen LogP contribution in [0.5, 0.6) is 0 Å². The van der Waals surface area contributed by atoms with E-state index in [1.165, 1.54) is 30.0 Å². The van der Waals surface area contributed by atoms with Crippen molar-refractivity contribution >= 4 is 33.6 Å². The van der Waals surface area contributed by atoms with Crippen LogP contribution in [0.25, 0.3) is 0 Å². The Bertz CT molecular complexity index is 427. The monoisotopic (exact) mass is 335 g/mol. The zero-order valence-electron chi connectivity index (χ0n) is 10.1. The van der Waals surface area contributed by atoms with E-state index in [1.807, 2.05) is 13.2 Å². The van der Waals surface area contributed by atoms with Gasteiger partial charge in [-0.25, -0.2) is 4.39 Å². The van der Waals surface area contributed by atoms with E-state index in [9.17, 15) is 9.18 Å². The van der Waals surface area contributed by atoms with Crippen molar-refractivity contribution in [3.8, 4) is 0 Å². The Hall–Kier alpha value is -0.590. The van der Waals surface area contributed by atoms with Crippen molar-refractivity contribution in [2.45, 2.75) is 18.2 Å². The molecule has 0 aromatic heterocycles. The minimum absolute atomic E-state index is 0.00675. The molecule has 0 spiro atoms. The van der Waals surface area contributed by atoms with Gasteiger partial charge in [-0.1, -0.05) is 0 Å². The van der Waals surface area contributed by atoms with E-state index < -0.39 is 5.82 Å². The molecule has 2 atom stereocenters. The first kappa shape index (κ1) is 15.5. The molecule has 0 aliphatic carbocycles. The number of hydrogen-bond acceptors (Lipinski definition) is 3. The van der Waals surface area contributed by atoms with Crippen LogP contribution < -0.4 is 5.32 Å². The van der Waals surface area contributed by atoms with Gasteiger partial charge in [0, 0.05) is 15.8 Å². The molecule has 1 aromatic rings. The van der Waals surface area contributed by atoms with Gasteiger partial charge < -0.3 is 10.4 Å². The van der Waals surface area contributed by atoms with Crippen LogP contribution in [0.15, 0.2) is 22.7 Å². The van der Waals surface area contributed by atoms with Crippen LogP contribution in [0, 0.1) is 5.82 Å². The number of hydrogen-bond donors (Lipinski definition) is 2. The molecule has 2 unspecified atom stereocenters. The summed E-state index contributed by atoms with van der Waals surface area (Å²) in [7, 11) is 0. The molecule has 0 heterocycles. The van der Waals surface area contributed by atoms with Gasteiger partial charge in [0.05, 0.1) is 12.2 Å². The fraction of sp³-hybridized carbons (Fsp3) is 0.417. The van der Waals surface area contributed by atoms with Crippen LogP contribution >= 0.6 is 27.7 Å². The summed E-state index contributed by atoms with van der Waals surface area (Å²) < 4.78 is 13.3. The number of benzene rings is 1. The normalized spacial score (nSPS) is 14.1. The number of nitrogens with one attached hydrogen (secondary N) is 1. The van der Waals surface area contributed by atoms with Crippen LogP contribution in [0.2, 0.25) is 0 Å². The molecular formula is C12H15BrFNO2S. The van der Waals surface area contributed by atoms with Gasteiger partial charge in [0.15, 0.2) is 0 Å². The molecule has 0 fully saturated rings. The summed E-state index contributed by atoms with van der Waals surface area (Å²) in [6.07, 6.45) is 1.87. The van der Waals surface area contributed by atoms with Gasteiger partial charge in [0.1, 0.15) is 5.82 Å². The summed E-state index contributed by atoms with van der Waals surface area (Å²) in [6, 6.07) is 3.74. The number of aliphatic hydroxyl groups is 1. The third-order valence-corrected chi connectivity index (χ3v) is 4.39. The third kappa shape index (κ3) is 3.96. The number of carbonyl (C=O) groups is 1. The van der Waals surface area contributed by atoms with Gasteiger partial charge in [-0.3, -0.25) is 4.79 Å². The second-order valence-corrected chi connectivity index (χ2v) is 5.77. The van der Waals surface area contributed by atoms with Crippen molar-refractivity contribution in [2.75, 3.05) is 12.9 Å². The predicted molar refractivity (Wildman–Crippen MR) is 75.4 cm³/mol. The van der Waals surface area contributed by atoms with Crippen molar-refractivity contribution in [3.05, 3.63) is 34.1 Å². The minimum atomic E-state index is -0.399. The lowest BCUT2D eigenvalue weighted by atomic mass is 10.1. The smallest absolute Gasteiger partial charge is 0.252 e. The molecular weight excluding hydrogens is 321 g/mol. The molecule has 1 rings (SSSR count). The highest BCUT2D eigenvalue weighted by molar-refractivity contribution is 9.10. The summed E-state index contributed by atoms with van der Waals surface area (Å²) >= 11 is 4.64. The molecule has 0 saturated carbocycles. The number of carbonyl (C=O) groups excluding carboxylic acids is 1. The summed E-state index contributed by atoms with van der Waals surface area (Å²) in [6.45, 7) is 1.82. The Morgan fingerprint density at radius 3 is 2.78 bits per heavy atom. The number of rotatable bonds is 5. The van der Waals surface area contributed by atoms with Crippen molar-refractivity contribution in [3.63, 3.8) is 0 Å². The molecule has 2 N–H and O–H groups in total. The molecule has 0 saturated heterocycles. The van der Waals surface area contributed by atoms with E-state index in [1.54, 1.807) is 0 Å². The maximum absolute atomic E-state index is 12.9. The highest BCUT2D eigenvalue weighted by Crippen LogP contribution is 2.19.